The molecular formula is C24H24N2O. The molecule has 1 saturated heterocycles. The predicted octanol–water partition coefficient (Wildman–Crippen LogP) is 4.78. The van der Waals surface area contributed by atoms with Gasteiger partial charge in [0.25, 0.3) is 0 Å². The number of nitrogens with zero attached hydrogens (tertiary/aromatic N) is 1. The summed E-state index contributed by atoms with van der Waals surface area (Å²) in [4.78, 5) is 12.7. The van der Waals surface area contributed by atoms with Crippen molar-refractivity contribution in [3.8, 4) is 17.2 Å². The molecule has 4 rings (SSSR count). The van der Waals surface area contributed by atoms with Gasteiger partial charge >= 0.3 is 0 Å². The second-order valence-corrected chi connectivity index (χ2v) is 7.80. The second-order valence-electron chi connectivity index (χ2n) is 7.80. The number of fused-ring (bicyclic) bond motifs is 3. The Bertz CT molecular complexity index is 977. The first-order valence-corrected chi connectivity index (χ1v) is 9.69. The molecule has 1 fully saturated rings. The Balaban J connectivity index is 1.97. The molecule has 2 aliphatic rings. The van der Waals surface area contributed by atoms with E-state index in [2.05, 4.69) is 42.6 Å². The van der Waals surface area contributed by atoms with E-state index in [1.165, 1.54) is 11.1 Å². The molecular weight excluding hydrogens is 332 g/mol. The highest BCUT2D eigenvalue weighted by Gasteiger charge is 2.28. The largest absolute Gasteiger partial charge is 0.352 e. The van der Waals surface area contributed by atoms with E-state index in [-0.39, 0.29) is 5.91 Å². The zero-order valence-corrected chi connectivity index (χ0v) is 15.9. The number of hydrogen-bond acceptors (Lipinski definition) is 2. The maximum absolute atomic E-state index is 12.7. The Hall–Kier alpha value is -2.86. The van der Waals surface area contributed by atoms with Gasteiger partial charge in [0, 0.05) is 12.1 Å². The standard InChI is InChI=1S/C24H24N2O/c1-15-5-7-19(8-6-15)22-13-18(14-25)12-20-16(2)21-10-17(11-23(20)22)4-3-9-26-24(21)27/h5-8,12-13,17H,3-4,9-11H2,1-2H3,(H,26,27). The number of carbonyl (C=O) groups is 1. The van der Waals surface area contributed by atoms with Crippen LogP contribution in [0.2, 0.25) is 0 Å². The smallest absolute Gasteiger partial charge is 0.247 e. The predicted molar refractivity (Wildman–Crippen MR) is 108 cm³/mol. The molecule has 0 saturated carbocycles. The molecule has 2 aromatic carbocycles. The molecule has 0 aromatic heterocycles. The van der Waals surface area contributed by atoms with E-state index >= 15 is 0 Å². The van der Waals surface area contributed by atoms with Crippen LogP contribution in [0, 0.1) is 24.2 Å². The summed E-state index contributed by atoms with van der Waals surface area (Å²) in [5.41, 5.74) is 8.42. The molecule has 1 heterocycles. The third-order valence-corrected chi connectivity index (χ3v) is 5.93. The summed E-state index contributed by atoms with van der Waals surface area (Å²) in [6.07, 6.45) is 3.91. The molecule has 1 aliphatic heterocycles. The summed E-state index contributed by atoms with van der Waals surface area (Å²) >= 11 is 0. The third-order valence-electron chi connectivity index (χ3n) is 5.93. The zero-order chi connectivity index (χ0) is 19.0. The van der Waals surface area contributed by atoms with Crippen molar-refractivity contribution in [2.75, 3.05) is 6.54 Å². The normalized spacial score (nSPS) is 19.3. The Morgan fingerprint density at radius 1 is 1.07 bits per heavy atom. The maximum atomic E-state index is 12.7. The molecule has 1 N–H and O–H groups in total. The number of amides is 1. The van der Waals surface area contributed by atoms with Crippen molar-refractivity contribution in [3.63, 3.8) is 0 Å². The lowest BCUT2D eigenvalue weighted by molar-refractivity contribution is -0.117. The van der Waals surface area contributed by atoms with Crippen molar-refractivity contribution in [1.82, 2.24) is 5.32 Å². The number of allylic oxidation sites excluding steroid dienone is 1. The summed E-state index contributed by atoms with van der Waals surface area (Å²) in [7, 11) is 0. The van der Waals surface area contributed by atoms with E-state index in [4.69, 9.17) is 0 Å². The van der Waals surface area contributed by atoms with Crippen molar-refractivity contribution in [3.05, 3.63) is 64.2 Å². The number of nitriles is 1. The van der Waals surface area contributed by atoms with Gasteiger partial charge in [0.05, 0.1) is 11.6 Å². The minimum atomic E-state index is 0.0595. The van der Waals surface area contributed by atoms with Crippen LogP contribution in [-0.2, 0) is 11.2 Å². The SMILES string of the molecule is CC1=C2CC(CCCNC2=O)Cc2c1cc(C#N)cc2-c1ccc(C)cc1. The fraction of sp³-hybridized carbons (Fsp3) is 0.333. The second kappa shape index (κ2) is 7.04. The van der Waals surface area contributed by atoms with Crippen LogP contribution in [0.1, 0.15) is 48.4 Å². The van der Waals surface area contributed by atoms with Crippen LogP contribution in [0.15, 0.2) is 42.0 Å². The van der Waals surface area contributed by atoms with Crippen LogP contribution in [0.5, 0.6) is 0 Å². The van der Waals surface area contributed by atoms with E-state index < -0.39 is 0 Å². The minimum absolute atomic E-state index is 0.0595. The van der Waals surface area contributed by atoms with Gasteiger partial charge in [0.2, 0.25) is 5.91 Å². The van der Waals surface area contributed by atoms with Crippen LogP contribution >= 0.6 is 0 Å². The van der Waals surface area contributed by atoms with E-state index in [0.29, 0.717) is 11.5 Å². The quantitative estimate of drug-likeness (QED) is 0.799. The lowest BCUT2D eigenvalue weighted by Gasteiger charge is -2.21. The van der Waals surface area contributed by atoms with Crippen LogP contribution in [-0.4, -0.2) is 12.5 Å². The molecule has 3 heteroatoms. The van der Waals surface area contributed by atoms with E-state index in [1.807, 2.05) is 19.1 Å². The fourth-order valence-electron chi connectivity index (χ4n) is 4.41. The number of aryl methyl sites for hydroxylation is 1. The molecule has 1 atom stereocenters. The first kappa shape index (κ1) is 17.5. The molecule has 2 bridgehead atoms. The van der Waals surface area contributed by atoms with Crippen LogP contribution < -0.4 is 5.32 Å². The maximum Gasteiger partial charge on any atom is 0.247 e. The topological polar surface area (TPSA) is 52.9 Å². The van der Waals surface area contributed by atoms with E-state index in [1.54, 1.807) is 0 Å². The number of nitrogens with one attached hydrogen (secondary N) is 1. The van der Waals surface area contributed by atoms with Crippen molar-refractivity contribution >= 4 is 11.5 Å². The lowest BCUT2D eigenvalue weighted by atomic mass is 9.85. The molecule has 2 aromatic rings. The highest BCUT2D eigenvalue weighted by Crippen LogP contribution is 2.40. The molecule has 27 heavy (non-hydrogen) atoms. The minimum Gasteiger partial charge on any atom is -0.352 e. The molecule has 1 unspecified atom stereocenters. The highest BCUT2D eigenvalue weighted by molar-refractivity contribution is 6.02. The lowest BCUT2D eigenvalue weighted by Crippen LogP contribution is -2.30. The Kier molecular flexibility index (Phi) is 4.58. The molecule has 0 spiro atoms. The van der Waals surface area contributed by atoms with Gasteiger partial charge in [-0.15, -0.1) is 0 Å². The number of carbonyl (C=O) groups excluding carboxylic acids is 1. The van der Waals surface area contributed by atoms with Gasteiger partial charge < -0.3 is 5.32 Å². The summed E-state index contributed by atoms with van der Waals surface area (Å²) in [5.74, 6) is 0.531. The van der Waals surface area contributed by atoms with Gasteiger partial charge in [-0.05, 0) is 85.4 Å². The summed E-state index contributed by atoms with van der Waals surface area (Å²) in [5, 5.41) is 12.6. The van der Waals surface area contributed by atoms with Crippen molar-refractivity contribution < 1.29 is 4.79 Å². The summed E-state index contributed by atoms with van der Waals surface area (Å²) in [6, 6.07) is 14.8. The average Bonchev–Trinajstić information content (AvgIpc) is 2.81. The van der Waals surface area contributed by atoms with Crippen LogP contribution in [0.4, 0.5) is 0 Å². The van der Waals surface area contributed by atoms with Crippen LogP contribution in [0.3, 0.4) is 0 Å². The number of hydrogen-bond donors (Lipinski definition) is 1. The number of benzene rings is 2. The first-order chi connectivity index (χ1) is 13.1. The fourth-order valence-corrected chi connectivity index (χ4v) is 4.41. The Labute approximate surface area is 160 Å². The highest BCUT2D eigenvalue weighted by atomic mass is 16.1. The monoisotopic (exact) mass is 356 g/mol. The van der Waals surface area contributed by atoms with Crippen molar-refractivity contribution in [1.29, 1.82) is 5.26 Å². The summed E-state index contributed by atoms with van der Waals surface area (Å²) < 4.78 is 0. The van der Waals surface area contributed by atoms with Crippen LogP contribution in [0.25, 0.3) is 16.7 Å². The Morgan fingerprint density at radius 2 is 1.81 bits per heavy atom. The third kappa shape index (κ3) is 3.28. The summed E-state index contributed by atoms with van der Waals surface area (Å²) in [6.45, 7) is 4.87. The van der Waals surface area contributed by atoms with E-state index in [0.717, 1.165) is 60.1 Å². The molecule has 0 radical (unpaired) electrons. The van der Waals surface area contributed by atoms with E-state index in [9.17, 15) is 10.1 Å². The van der Waals surface area contributed by atoms with Crippen molar-refractivity contribution in [2.24, 2.45) is 5.92 Å². The average molecular weight is 356 g/mol. The molecule has 1 amide bonds. The van der Waals surface area contributed by atoms with Gasteiger partial charge in [0.15, 0.2) is 0 Å². The molecule has 1 aliphatic carbocycles. The van der Waals surface area contributed by atoms with Gasteiger partial charge in [-0.25, -0.2) is 0 Å². The molecule has 136 valence electrons. The van der Waals surface area contributed by atoms with Gasteiger partial charge in [-0.1, -0.05) is 29.8 Å². The van der Waals surface area contributed by atoms with Gasteiger partial charge in [-0.3, -0.25) is 4.79 Å². The molecule has 3 nitrogen and oxygen atoms in total. The van der Waals surface area contributed by atoms with Crippen molar-refractivity contribution in [2.45, 2.75) is 39.5 Å². The van der Waals surface area contributed by atoms with Gasteiger partial charge in [-0.2, -0.15) is 5.26 Å². The Morgan fingerprint density at radius 3 is 2.56 bits per heavy atom. The zero-order valence-electron chi connectivity index (χ0n) is 15.9. The first-order valence-electron chi connectivity index (χ1n) is 9.69. The number of rotatable bonds is 1. The van der Waals surface area contributed by atoms with Gasteiger partial charge in [0.1, 0.15) is 0 Å².